The quantitative estimate of drug-likeness (QED) is 0.269. The second-order valence-electron chi connectivity index (χ2n) is 7.70. The largest absolute Gasteiger partial charge is 0.494 e. The first-order valence-corrected chi connectivity index (χ1v) is 12.0. The highest BCUT2D eigenvalue weighted by atomic mass is 32.2. The lowest BCUT2D eigenvalue weighted by atomic mass is 10.2. The van der Waals surface area contributed by atoms with Crippen molar-refractivity contribution in [2.24, 2.45) is 7.05 Å². The molecule has 1 amide bonds. The Labute approximate surface area is 202 Å². The van der Waals surface area contributed by atoms with E-state index in [1.165, 1.54) is 16.7 Å². The number of nitrogens with zero attached hydrogens (tertiary/aromatic N) is 3. The van der Waals surface area contributed by atoms with Crippen molar-refractivity contribution in [1.29, 1.82) is 0 Å². The van der Waals surface area contributed by atoms with Crippen LogP contribution in [-0.2, 0) is 11.8 Å². The van der Waals surface area contributed by atoms with Gasteiger partial charge in [0.1, 0.15) is 11.4 Å². The molecule has 0 bridgehead atoms. The second kappa shape index (κ2) is 9.80. The highest BCUT2D eigenvalue weighted by molar-refractivity contribution is 8.27. The van der Waals surface area contributed by atoms with Crippen LogP contribution in [0, 0.1) is 6.92 Å². The predicted octanol–water partition coefficient (Wildman–Crippen LogP) is 5.07. The molecule has 3 aromatic rings. The van der Waals surface area contributed by atoms with E-state index in [9.17, 15) is 9.59 Å². The van der Waals surface area contributed by atoms with Crippen molar-refractivity contribution in [2.75, 3.05) is 11.5 Å². The molecule has 1 fully saturated rings. The lowest BCUT2D eigenvalue weighted by molar-refractivity contribution is -0.113. The number of aromatic nitrogens is 2. The smallest absolute Gasteiger partial charge is 0.296 e. The van der Waals surface area contributed by atoms with Gasteiger partial charge in [0.25, 0.3) is 11.5 Å². The Morgan fingerprint density at radius 3 is 2.42 bits per heavy atom. The van der Waals surface area contributed by atoms with Gasteiger partial charge in [-0.25, -0.2) is 4.68 Å². The van der Waals surface area contributed by atoms with Crippen LogP contribution in [0.5, 0.6) is 5.75 Å². The molecule has 4 rings (SSSR count). The molecule has 6 nitrogen and oxygen atoms in total. The molecule has 8 heteroatoms. The van der Waals surface area contributed by atoms with Gasteiger partial charge in [-0.2, -0.15) is 0 Å². The number of hydrogen-bond donors (Lipinski definition) is 0. The molecular weight excluding hydrogens is 454 g/mol. The van der Waals surface area contributed by atoms with Crippen LogP contribution in [0.1, 0.15) is 31.0 Å². The molecule has 170 valence electrons. The topological polar surface area (TPSA) is 56.5 Å². The van der Waals surface area contributed by atoms with E-state index < -0.39 is 0 Å². The summed E-state index contributed by atoms with van der Waals surface area (Å²) in [4.78, 5) is 28.5. The van der Waals surface area contributed by atoms with Crippen LogP contribution in [0.15, 0.2) is 64.3 Å². The van der Waals surface area contributed by atoms with Gasteiger partial charge in [0.05, 0.1) is 22.9 Å². The van der Waals surface area contributed by atoms with Gasteiger partial charge in [0.15, 0.2) is 4.32 Å². The number of hydrogen-bond acceptors (Lipinski definition) is 5. The highest BCUT2D eigenvalue weighted by Gasteiger charge is 2.37. The van der Waals surface area contributed by atoms with Gasteiger partial charge < -0.3 is 4.74 Å². The van der Waals surface area contributed by atoms with Gasteiger partial charge in [-0.05, 0) is 49.2 Å². The Kier molecular flexibility index (Phi) is 6.85. The predicted molar refractivity (Wildman–Crippen MR) is 138 cm³/mol. The lowest BCUT2D eigenvalue weighted by Gasteiger charge is -2.12. The van der Waals surface area contributed by atoms with E-state index in [0.29, 0.717) is 21.5 Å². The standard InChI is InChI=1S/C25H25N3O3S2/c1-4-5-15-31-20-13-11-18(12-14-20)16-21-23(29)27(25(32)33-21)22-17(2)26(3)28(24(22)30)19-9-7-6-8-10-19/h6-14,16H,4-5,15H2,1-3H3. The fraction of sp³-hybridized carbons (Fsp3) is 0.240. The van der Waals surface area contributed by atoms with Crippen molar-refractivity contribution in [3.8, 4) is 11.4 Å². The van der Waals surface area contributed by atoms with Crippen molar-refractivity contribution >= 4 is 46.0 Å². The number of rotatable bonds is 7. The molecule has 0 radical (unpaired) electrons. The number of ether oxygens (including phenoxy) is 1. The zero-order chi connectivity index (χ0) is 23.5. The minimum absolute atomic E-state index is 0.284. The number of thiocarbonyl (C=S) groups is 1. The maximum atomic E-state index is 13.3. The van der Waals surface area contributed by atoms with Crippen molar-refractivity contribution in [2.45, 2.75) is 26.7 Å². The maximum Gasteiger partial charge on any atom is 0.296 e. The molecular formula is C25H25N3O3S2. The number of benzene rings is 2. The zero-order valence-electron chi connectivity index (χ0n) is 18.8. The fourth-order valence-corrected chi connectivity index (χ4v) is 4.89. The Bertz CT molecular complexity index is 1270. The van der Waals surface area contributed by atoms with Crippen LogP contribution < -0.4 is 15.2 Å². The first kappa shape index (κ1) is 23.1. The average molecular weight is 480 g/mol. The Morgan fingerprint density at radius 1 is 1.06 bits per heavy atom. The number of unbranched alkanes of at least 4 members (excludes halogenated alkanes) is 1. The summed E-state index contributed by atoms with van der Waals surface area (Å²) in [6.45, 7) is 4.62. The summed E-state index contributed by atoms with van der Waals surface area (Å²) in [5.41, 5.74) is 2.25. The molecule has 0 unspecified atom stereocenters. The molecule has 1 aliphatic rings. The van der Waals surface area contributed by atoms with Crippen molar-refractivity contribution < 1.29 is 9.53 Å². The molecule has 33 heavy (non-hydrogen) atoms. The van der Waals surface area contributed by atoms with E-state index >= 15 is 0 Å². The zero-order valence-corrected chi connectivity index (χ0v) is 20.4. The summed E-state index contributed by atoms with van der Waals surface area (Å²) in [7, 11) is 1.80. The minimum atomic E-state index is -0.292. The maximum absolute atomic E-state index is 13.3. The molecule has 0 spiro atoms. The Hall–Kier alpha value is -3.10. The monoisotopic (exact) mass is 479 g/mol. The number of para-hydroxylation sites is 1. The van der Waals surface area contributed by atoms with E-state index in [4.69, 9.17) is 17.0 Å². The van der Waals surface area contributed by atoms with Gasteiger partial charge in [-0.15, -0.1) is 0 Å². The third kappa shape index (κ3) is 4.54. The normalized spacial score (nSPS) is 15.0. The number of amides is 1. The van der Waals surface area contributed by atoms with E-state index in [-0.39, 0.29) is 17.2 Å². The van der Waals surface area contributed by atoms with E-state index in [1.54, 1.807) is 22.5 Å². The number of carbonyl (C=O) groups excluding carboxylic acids is 1. The molecule has 0 N–H and O–H groups in total. The number of carbonyl (C=O) groups is 1. The van der Waals surface area contributed by atoms with Gasteiger partial charge in [-0.1, -0.05) is 67.7 Å². The summed E-state index contributed by atoms with van der Waals surface area (Å²) in [6, 6.07) is 16.9. The molecule has 0 saturated carbocycles. The van der Waals surface area contributed by atoms with Crippen LogP contribution >= 0.6 is 24.0 Å². The van der Waals surface area contributed by atoms with Crippen molar-refractivity contribution in [3.05, 3.63) is 81.1 Å². The molecule has 0 aliphatic carbocycles. The van der Waals surface area contributed by atoms with Crippen LogP contribution in [-0.4, -0.2) is 26.2 Å². The third-order valence-corrected chi connectivity index (χ3v) is 6.79. The first-order chi connectivity index (χ1) is 15.9. The molecule has 0 atom stereocenters. The lowest BCUT2D eigenvalue weighted by Crippen LogP contribution is -2.33. The minimum Gasteiger partial charge on any atom is -0.494 e. The van der Waals surface area contributed by atoms with Gasteiger partial charge in [-0.3, -0.25) is 19.2 Å². The summed E-state index contributed by atoms with van der Waals surface area (Å²) >= 11 is 6.71. The van der Waals surface area contributed by atoms with E-state index in [1.807, 2.05) is 61.5 Å². The summed E-state index contributed by atoms with van der Waals surface area (Å²) in [5.74, 6) is 0.508. The third-order valence-electron chi connectivity index (χ3n) is 5.49. The van der Waals surface area contributed by atoms with E-state index in [2.05, 4.69) is 6.92 Å². The molecule has 2 heterocycles. The average Bonchev–Trinajstić information content (AvgIpc) is 3.20. The van der Waals surface area contributed by atoms with Crippen molar-refractivity contribution in [3.63, 3.8) is 0 Å². The SMILES string of the molecule is CCCCOc1ccc(C=C2SC(=S)N(c3c(C)n(C)n(-c4ccccc4)c3=O)C2=O)cc1. The van der Waals surface area contributed by atoms with Crippen LogP contribution in [0.3, 0.4) is 0 Å². The van der Waals surface area contributed by atoms with E-state index in [0.717, 1.165) is 29.8 Å². The highest BCUT2D eigenvalue weighted by Crippen LogP contribution is 2.36. The summed E-state index contributed by atoms with van der Waals surface area (Å²) in [5, 5.41) is 0. The van der Waals surface area contributed by atoms with Crippen molar-refractivity contribution in [1.82, 2.24) is 9.36 Å². The molecule has 1 saturated heterocycles. The van der Waals surface area contributed by atoms with Crippen LogP contribution in [0.25, 0.3) is 11.8 Å². The van der Waals surface area contributed by atoms with Gasteiger partial charge in [0, 0.05) is 7.05 Å². The van der Waals surface area contributed by atoms with Crippen LogP contribution in [0.2, 0.25) is 0 Å². The summed E-state index contributed by atoms with van der Waals surface area (Å²) in [6.07, 6.45) is 3.88. The first-order valence-electron chi connectivity index (χ1n) is 10.8. The van der Waals surface area contributed by atoms with Gasteiger partial charge in [0.2, 0.25) is 0 Å². The Morgan fingerprint density at radius 2 is 1.76 bits per heavy atom. The second-order valence-corrected chi connectivity index (χ2v) is 9.37. The number of thioether (sulfide) groups is 1. The molecule has 2 aromatic carbocycles. The van der Waals surface area contributed by atoms with Gasteiger partial charge >= 0.3 is 0 Å². The number of anilines is 1. The fourth-order valence-electron chi connectivity index (χ4n) is 3.62. The van der Waals surface area contributed by atoms with Crippen LogP contribution in [0.4, 0.5) is 5.69 Å². The molecule has 1 aromatic heterocycles. The molecule has 1 aliphatic heterocycles. The Balaban J connectivity index is 1.63. The summed E-state index contributed by atoms with van der Waals surface area (Å²) < 4.78 is 9.33.